The van der Waals surface area contributed by atoms with E-state index in [1.807, 2.05) is 23.1 Å². The SMILES string of the molecule is O=C(COc1nc2ccccc2nc1N1CCOCC1)Nc1ccc(OC(F)(F)F)cc1. The first-order valence-corrected chi connectivity index (χ1v) is 9.75. The Morgan fingerprint density at radius 3 is 2.34 bits per heavy atom. The Bertz CT molecular complexity index is 1090. The molecule has 11 heteroatoms. The lowest BCUT2D eigenvalue weighted by Gasteiger charge is -2.28. The molecule has 2 aromatic carbocycles. The van der Waals surface area contributed by atoms with Gasteiger partial charge in [0.2, 0.25) is 0 Å². The fourth-order valence-electron chi connectivity index (χ4n) is 3.12. The number of aromatic nitrogens is 2. The highest BCUT2D eigenvalue weighted by molar-refractivity contribution is 5.92. The number of halogens is 3. The minimum atomic E-state index is -4.78. The number of hydrogen-bond donors (Lipinski definition) is 1. The van der Waals surface area contributed by atoms with Gasteiger partial charge in [0.25, 0.3) is 11.8 Å². The lowest BCUT2D eigenvalue weighted by molar-refractivity contribution is -0.274. The van der Waals surface area contributed by atoms with Crippen molar-refractivity contribution < 1.29 is 32.2 Å². The van der Waals surface area contributed by atoms with Crippen molar-refractivity contribution in [2.75, 3.05) is 43.1 Å². The van der Waals surface area contributed by atoms with E-state index in [-0.39, 0.29) is 18.2 Å². The van der Waals surface area contributed by atoms with Gasteiger partial charge in [-0.05, 0) is 36.4 Å². The third-order valence-corrected chi connectivity index (χ3v) is 4.54. The van der Waals surface area contributed by atoms with E-state index in [0.717, 1.165) is 12.1 Å². The summed E-state index contributed by atoms with van der Waals surface area (Å²) in [7, 11) is 0. The highest BCUT2D eigenvalue weighted by Crippen LogP contribution is 2.28. The minimum absolute atomic E-state index is 0.217. The number of nitrogens with zero attached hydrogens (tertiary/aromatic N) is 3. The summed E-state index contributed by atoms with van der Waals surface area (Å²) in [5.74, 6) is -0.145. The van der Waals surface area contributed by atoms with Gasteiger partial charge < -0.3 is 24.4 Å². The maximum absolute atomic E-state index is 12.3. The molecule has 1 N–H and O–H groups in total. The number of anilines is 2. The fourth-order valence-corrected chi connectivity index (χ4v) is 3.12. The Kier molecular flexibility index (Phi) is 6.26. The van der Waals surface area contributed by atoms with Crippen LogP contribution in [0.1, 0.15) is 0 Å². The van der Waals surface area contributed by atoms with Crippen LogP contribution in [0.3, 0.4) is 0 Å². The highest BCUT2D eigenvalue weighted by atomic mass is 19.4. The average molecular weight is 448 g/mol. The van der Waals surface area contributed by atoms with E-state index in [1.165, 1.54) is 12.1 Å². The van der Waals surface area contributed by atoms with E-state index in [9.17, 15) is 18.0 Å². The number of amides is 1. The number of hydrogen-bond acceptors (Lipinski definition) is 7. The molecule has 1 aliphatic rings. The van der Waals surface area contributed by atoms with Crippen LogP contribution in [0.5, 0.6) is 11.6 Å². The lowest BCUT2D eigenvalue weighted by Crippen LogP contribution is -2.37. The van der Waals surface area contributed by atoms with E-state index in [1.54, 1.807) is 6.07 Å². The van der Waals surface area contributed by atoms with Crippen LogP contribution in [0.2, 0.25) is 0 Å². The zero-order valence-corrected chi connectivity index (χ0v) is 16.8. The van der Waals surface area contributed by atoms with Crippen LogP contribution in [0.4, 0.5) is 24.7 Å². The molecule has 32 heavy (non-hydrogen) atoms. The van der Waals surface area contributed by atoms with Crippen molar-refractivity contribution in [1.82, 2.24) is 9.97 Å². The molecule has 0 radical (unpaired) electrons. The molecule has 1 aromatic heterocycles. The fraction of sp³-hybridized carbons (Fsp3) is 0.286. The second kappa shape index (κ2) is 9.27. The molecular formula is C21H19F3N4O4. The van der Waals surface area contributed by atoms with Gasteiger partial charge in [-0.1, -0.05) is 12.1 Å². The van der Waals surface area contributed by atoms with Crippen molar-refractivity contribution in [3.63, 3.8) is 0 Å². The molecular weight excluding hydrogens is 429 g/mol. The number of nitrogens with one attached hydrogen (secondary N) is 1. The maximum atomic E-state index is 12.3. The normalized spacial score (nSPS) is 14.3. The molecule has 0 aliphatic carbocycles. The molecule has 4 rings (SSSR count). The number of ether oxygens (including phenoxy) is 3. The molecule has 0 unspecified atom stereocenters. The van der Waals surface area contributed by atoms with E-state index in [2.05, 4.69) is 20.0 Å². The van der Waals surface area contributed by atoms with Gasteiger partial charge in [-0.25, -0.2) is 9.97 Å². The first kappa shape index (κ1) is 21.6. The highest BCUT2D eigenvalue weighted by Gasteiger charge is 2.31. The van der Waals surface area contributed by atoms with Crippen LogP contribution in [0.15, 0.2) is 48.5 Å². The summed E-state index contributed by atoms with van der Waals surface area (Å²) in [5, 5.41) is 2.56. The minimum Gasteiger partial charge on any atom is -0.465 e. The first-order chi connectivity index (χ1) is 15.4. The van der Waals surface area contributed by atoms with Gasteiger partial charge in [-0.2, -0.15) is 0 Å². The van der Waals surface area contributed by atoms with Gasteiger partial charge in [0, 0.05) is 18.8 Å². The molecule has 168 valence electrons. The number of morpholine rings is 1. The number of carbonyl (C=O) groups is 1. The Labute approximate surface area is 180 Å². The monoisotopic (exact) mass is 448 g/mol. The number of rotatable bonds is 6. The molecule has 3 aromatic rings. The quantitative estimate of drug-likeness (QED) is 0.619. The molecule has 0 bridgehead atoms. The molecule has 0 atom stereocenters. The topological polar surface area (TPSA) is 85.8 Å². The zero-order chi connectivity index (χ0) is 22.6. The molecule has 0 spiro atoms. The third kappa shape index (κ3) is 5.55. The van der Waals surface area contributed by atoms with E-state index < -0.39 is 12.3 Å². The summed E-state index contributed by atoms with van der Waals surface area (Å²) in [6.45, 7) is 1.96. The number of para-hydroxylation sites is 2. The maximum Gasteiger partial charge on any atom is 0.573 e. The van der Waals surface area contributed by atoms with Gasteiger partial charge in [0.15, 0.2) is 12.4 Å². The second-order valence-electron chi connectivity index (χ2n) is 6.85. The van der Waals surface area contributed by atoms with Gasteiger partial charge in [0.05, 0.1) is 24.2 Å². The summed E-state index contributed by atoms with van der Waals surface area (Å²) < 4.78 is 51.6. The Morgan fingerprint density at radius 1 is 1.03 bits per heavy atom. The van der Waals surface area contributed by atoms with Gasteiger partial charge in [-0.3, -0.25) is 4.79 Å². The molecule has 0 saturated carbocycles. The van der Waals surface area contributed by atoms with Crippen LogP contribution in [-0.2, 0) is 9.53 Å². The predicted octanol–water partition coefficient (Wildman–Crippen LogP) is 3.38. The summed E-state index contributed by atoms with van der Waals surface area (Å²) in [4.78, 5) is 23.5. The Balaban J connectivity index is 1.44. The number of carbonyl (C=O) groups excluding carboxylic acids is 1. The Hall–Kier alpha value is -3.60. The zero-order valence-electron chi connectivity index (χ0n) is 16.8. The van der Waals surface area contributed by atoms with E-state index in [4.69, 9.17) is 9.47 Å². The molecule has 2 heterocycles. The van der Waals surface area contributed by atoms with Crippen molar-refractivity contribution in [1.29, 1.82) is 0 Å². The van der Waals surface area contributed by atoms with E-state index in [0.29, 0.717) is 48.8 Å². The van der Waals surface area contributed by atoms with Crippen molar-refractivity contribution >= 4 is 28.4 Å². The van der Waals surface area contributed by atoms with Crippen LogP contribution < -0.4 is 19.7 Å². The molecule has 1 amide bonds. The van der Waals surface area contributed by atoms with Gasteiger partial charge in [0.1, 0.15) is 5.75 Å². The van der Waals surface area contributed by atoms with Crippen LogP contribution in [0.25, 0.3) is 11.0 Å². The van der Waals surface area contributed by atoms with E-state index >= 15 is 0 Å². The summed E-state index contributed by atoms with van der Waals surface area (Å²) in [6.07, 6.45) is -4.78. The Morgan fingerprint density at radius 2 is 1.69 bits per heavy atom. The number of fused-ring (bicyclic) bond motifs is 1. The largest absolute Gasteiger partial charge is 0.573 e. The summed E-state index contributed by atoms with van der Waals surface area (Å²) >= 11 is 0. The standard InChI is InChI=1S/C21H19F3N4O4/c22-21(23,24)32-15-7-5-14(6-8-15)25-18(29)13-31-20-19(28-9-11-30-12-10-28)26-16-3-1-2-4-17(16)27-20/h1-8H,9-13H2,(H,25,29). The number of alkyl halides is 3. The lowest BCUT2D eigenvalue weighted by atomic mass is 10.3. The molecule has 1 saturated heterocycles. The molecule has 8 nitrogen and oxygen atoms in total. The van der Waals surface area contributed by atoms with Crippen molar-refractivity contribution in [3.8, 4) is 11.6 Å². The molecule has 1 fully saturated rings. The van der Waals surface area contributed by atoms with Gasteiger partial charge in [-0.15, -0.1) is 13.2 Å². The third-order valence-electron chi connectivity index (χ3n) is 4.54. The summed E-state index contributed by atoms with van der Waals surface area (Å²) in [5.41, 5.74) is 1.62. The number of benzene rings is 2. The second-order valence-corrected chi connectivity index (χ2v) is 6.85. The first-order valence-electron chi connectivity index (χ1n) is 9.75. The van der Waals surface area contributed by atoms with Crippen molar-refractivity contribution in [2.45, 2.75) is 6.36 Å². The van der Waals surface area contributed by atoms with Crippen LogP contribution in [0, 0.1) is 0 Å². The van der Waals surface area contributed by atoms with Crippen LogP contribution >= 0.6 is 0 Å². The van der Waals surface area contributed by atoms with Crippen molar-refractivity contribution in [3.05, 3.63) is 48.5 Å². The predicted molar refractivity (Wildman–Crippen MR) is 110 cm³/mol. The average Bonchev–Trinajstić information content (AvgIpc) is 2.78. The smallest absolute Gasteiger partial charge is 0.465 e. The van der Waals surface area contributed by atoms with Crippen LogP contribution in [-0.4, -0.2) is 55.1 Å². The molecule has 1 aliphatic heterocycles. The van der Waals surface area contributed by atoms with Crippen molar-refractivity contribution in [2.24, 2.45) is 0 Å². The summed E-state index contributed by atoms with van der Waals surface area (Å²) in [6, 6.07) is 12.1. The van der Waals surface area contributed by atoms with Gasteiger partial charge >= 0.3 is 6.36 Å².